The maximum atomic E-state index is 6.04. The van der Waals surface area contributed by atoms with E-state index >= 15 is 0 Å². The normalized spacial score (nSPS) is 12.1. The van der Waals surface area contributed by atoms with Crippen molar-refractivity contribution in [3.63, 3.8) is 0 Å². The van der Waals surface area contributed by atoms with E-state index in [2.05, 4.69) is 46.5 Å². The Labute approximate surface area is 118 Å². The average Bonchev–Trinajstić information content (AvgIpc) is 2.43. The average molecular weight is 277 g/mol. The Morgan fingerprint density at radius 1 is 1.26 bits per heavy atom. The first kappa shape index (κ1) is 13.6. The molecule has 4 nitrogen and oxygen atoms in total. The zero-order valence-electron chi connectivity index (χ0n) is 10.8. The largest absolute Gasteiger partial charge is 0.382 e. The fourth-order valence-electron chi connectivity index (χ4n) is 1.82. The van der Waals surface area contributed by atoms with Crippen molar-refractivity contribution in [1.82, 2.24) is 9.97 Å². The zero-order valence-corrected chi connectivity index (χ0v) is 11.6. The van der Waals surface area contributed by atoms with Gasteiger partial charge in [0.1, 0.15) is 17.2 Å². The lowest BCUT2D eigenvalue weighted by Gasteiger charge is -2.15. The minimum absolute atomic E-state index is 0.256. The number of nitrogens with one attached hydrogen (secondary N) is 1. The van der Waals surface area contributed by atoms with Crippen LogP contribution in [0.4, 0.5) is 11.6 Å². The summed E-state index contributed by atoms with van der Waals surface area (Å²) < 4.78 is 0. The first-order valence-electron chi connectivity index (χ1n) is 6.23. The van der Waals surface area contributed by atoms with E-state index in [0.717, 1.165) is 12.8 Å². The Bertz CT molecular complexity index is 530. The van der Waals surface area contributed by atoms with Crippen LogP contribution in [0.2, 0.25) is 5.02 Å². The summed E-state index contributed by atoms with van der Waals surface area (Å²) in [7, 11) is 0. The van der Waals surface area contributed by atoms with E-state index < -0.39 is 0 Å². The molecule has 0 saturated carbocycles. The Morgan fingerprint density at radius 2 is 2.00 bits per heavy atom. The van der Waals surface area contributed by atoms with Crippen LogP contribution in [-0.4, -0.2) is 16.0 Å². The number of benzene rings is 1. The van der Waals surface area contributed by atoms with Gasteiger partial charge in [0.15, 0.2) is 5.82 Å². The number of halogens is 1. The smallest absolute Gasteiger partial charge is 0.150 e. The Kier molecular flexibility index (Phi) is 4.58. The predicted molar refractivity (Wildman–Crippen MR) is 79.3 cm³/mol. The quantitative estimate of drug-likeness (QED) is 0.881. The van der Waals surface area contributed by atoms with Crippen LogP contribution >= 0.6 is 11.6 Å². The molecule has 1 atom stereocenters. The monoisotopic (exact) mass is 276 g/mol. The van der Waals surface area contributed by atoms with Crippen molar-refractivity contribution in [2.24, 2.45) is 0 Å². The molecular formula is C14H17ClN4. The molecule has 3 N–H and O–H groups in total. The summed E-state index contributed by atoms with van der Waals surface area (Å²) in [6.07, 6.45) is 3.41. The molecule has 0 saturated heterocycles. The fraction of sp³-hybridized carbons (Fsp3) is 0.286. The molecule has 0 aliphatic rings. The summed E-state index contributed by atoms with van der Waals surface area (Å²) >= 11 is 6.04. The molecule has 0 aliphatic heterocycles. The fourth-order valence-corrected chi connectivity index (χ4v) is 1.97. The Morgan fingerprint density at radius 3 is 2.74 bits per heavy atom. The van der Waals surface area contributed by atoms with E-state index in [9.17, 15) is 0 Å². The SMILES string of the molecule is CC(CCc1ccccc1)Nc1ncnc(N)c1Cl. The Hall–Kier alpha value is -1.81. The minimum Gasteiger partial charge on any atom is -0.382 e. The van der Waals surface area contributed by atoms with Gasteiger partial charge in [-0.15, -0.1) is 0 Å². The standard InChI is InChI=1S/C14H17ClN4/c1-10(7-8-11-5-3-2-4-6-11)19-14-12(15)13(16)17-9-18-14/h2-6,9-10H,7-8H2,1H3,(H3,16,17,18,19). The van der Waals surface area contributed by atoms with Crippen molar-refractivity contribution in [2.75, 3.05) is 11.1 Å². The van der Waals surface area contributed by atoms with Crippen LogP contribution in [0.3, 0.4) is 0 Å². The molecule has 1 aromatic carbocycles. The number of hydrogen-bond acceptors (Lipinski definition) is 4. The number of anilines is 2. The highest BCUT2D eigenvalue weighted by molar-refractivity contribution is 6.35. The van der Waals surface area contributed by atoms with Crippen molar-refractivity contribution in [3.05, 3.63) is 47.2 Å². The summed E-state index contributed by atoms with van der Waals surface area (Å²) in [5.41, 5.74) is 6.96. The number of nitrogens with zero attached hydrogens (tertiary/aromatic N) is 2. The highest BCUT2D eigenvalue weighted by Crippen LogP contribution is 2.24. The highest BCUT2D eigenvalue weighted by atomic mass is 35.5. The molecule has 0 spiro atoms. The van der Waals surface area contributed by atoms with Gasteiger partial charge in [0, 0.05) is 6.04 Å². The van der Waals surface area contributed by atoms with Gasteiger partial charge in [-0.05, 0) is 25.3 Å². The summed E-state index contributed by atoms with van der Waals surface area (Å²) in [6.45, 7) is 2.09. The van der Waals surface area contributed by atoms with Crippen molar-refractivity contribution >= 4 is 23.2 Å². The Balaban J connectivity index is 1.91. The van der Waals surface area contributed by atoms with Crippen molar-refractivity contribution in [3.8, 4) is 0 Å². The van der Waals surface area contributed by atoms with Gasteiger partial charge in [-0.1, -0.05) is 41.9 Å². The summed E-state index contributed by atoms with van der Waals surface area (Å²) in [5, 5.41) is 3.64. The van der Waals surface area contributed by atoms with Crippen LogP contribution in [0.25, 0.3) is 0 Å². The van der Waals surface area contributed by atoms with Crippen LogP contribution in [0.1, 0.15) is 18.9 Å². The van der Waals surface area contributed by atoms with Crippen LogP contribution in [0, 0.1) is 0 Å². The molecule has 2 rings (SSSR count). The molecule has 0 aliphatic carbocycles. The molecule has 2 aromatic rings. The highest BCUT2D eigenvalue weighted by Gasteiger charge is 2.09. The molecule has 0 bridgehead atoms. The van der Waals surface area contributed by atoms with Crippen LogP contribution in [0.5, 0.6) is 0 Å². The van der Waals surface area contributed by atoms with Gasteiger partial charge in [-0.25, -0.2) is 9.97 Å². The number of hydrogen-bond donors (Lipinski definition) is 2. The van der Waals surface area contributed by atoms with E-state index in [1.54, 1.807) is 0 Å². The molecule has 19 heavy (non-hydrogen) atoms. The van der Waals surface area contributed by atoms with Gasteiger partial charge < -0.3 is 11.1 Å². The number of nitrogens with two attached hydrogens (primary N) is 1. The number of rotatable bonds is 5. The van der Waals surface area contributed by atoms with Gasteiger partial charge in [-0.2, -0.15) is 0 Å². The number of aryl methyl sites for hydroxylation is 1. The first-order valence-corrected chi connectivity index (χ1v) is 6.61. The third-order valence-electron chi connectivity index (χ3n) is 2.91. The molecule has 1 heterocycles. The van der Waals surface area contributed by atoms with Crippen molar-refractivity contribution in [2.45, 2.75) is 25.8 Å². The van der Waals surface area contributed by atoms with Crippen molar-refractivity contribution in [1.29, 1.82) is 0 Å². The lowest BCUT2D eigenvalue weighted by atomic mass is 10.1. The minimum atomic E-state index is 0.256. The second kappa shape index (κ2) is 6.38. The van der Waals surface area contributed by atoms with E-state index in [-0.39, 0.29) is 6.04 Å². The third-order valence-corrected chi connectivity index (χ3v) is 3.28. The van der Waals surface area contributed by atoms with Gasteiger partial charge in [0.05, 0.1) is 0 Å². The van der Waals surface area contributed by atoms with E-state index in [1.807, 2.05) is 6.07 Å². The zero-order chi connectivity index (χ0) is 13.7. The molecule has 0 radical (unpaired) electrons. The molecule has 0 fully saturated rings. The maximum Gasteiger partial charge on any atom is 0.150 e. The van der Waals surface area contributed by atoms with Crippen molar-refractivity contribution < 1.29 is 0 Å². The summed E-state index contributed by atoms with van der Waals surface area (Å²) in [5.74, 6) is 0.893. The second-order valence-electron chi connectivity index (χ2n) is 4.49. The number of aromatic nitrogens is 2. The van der Waals surface area contributed by atoms with E-state index in [0.29, 0.717) is 16.7 Å². The summed E-state index contributed by atoms with van der Waals surface area (Å²) in [4.78, 5) is 7.93. The van der Waals surface area contributed by atoms with Gasteiger partial charge in [0.2, 0.25) is 0 Å². The molecule has 100 valence electrons. The maximum absolute atomic E-state index is 6.04. The van der Waals surface area contributed by atoms with Crippen LogP contribution in [-0.2, 0) is 6.42 Å². The first-order chi connectivity index (χ1) is 9.16. The molecule has 1 unspecified atom stereocenters. The van der Waals surface area contributed by atoms with Gasteiger partial charge >= 0.3 is 0 Å². The van der Waals surface area contributed by atoms with Gasteiger partial charge in [0.25, 0.3) is 0 Å². The predicted octanol–water partition coefficient (Wildman–Crippen LogP) is 3.15. The third kappa shape index (κ3) is 3.83. The topological polar surface area (TPSA) is 63.8 Å². The van der Waals surface area contributed by atoms with Crippen LogP contribution in [0.15, 0.2) is 36.7 Å². The molecule has 5 heteroatoms. The van der Waals surface area contributed by atoms with Gasteiger partial charge in [-0.3, -0.25) is 0 Å². The molecule has 0 amide bonds. The molecule has 1 aromatic heterocycles. The number of nitrogen functional groups attached to an aromatic ring is 1. The lowest BCUT2D eigenvalue weighted by molar-refractivity contribution is 0.702. The van der Waals surface area contributed by atoms with Crippen LogP contribution < -0.4 is 11.1 Å². The second-order valence-corrected chi connectivity index (χ2v) is 4.87. The van der Waals surface area contributed by atoms with E-state index in [1.165, 1.54) is 11.9 Å². The summed E-state index contributed by atoms with van der Waals surface area (Å²) in [6, 6.07) is 10.6. The molecular weight excluding hydrogens is 260 g/mol. The van der Waals surface area contributed by atoms with E-state index in [4.69, 9.17) is 17.3 Å². The lowest BCUT2D eigenvalue weighted by Crippen LogP contribution is -2.17.